The molecule has 4 heteroatoms. The molecule has 3 N–H and O–H groups in total. The summed E-state index contributed by atoms with van der Waals surface area (Å²) in [6.07, 6.45) is 1.98. The lowest BCUT2D eigenvalue weighted by Gasteiger charge is -2.14. The van der Waals surface area contributed by atoms with Crippen molar-refractivity contribution in [3.63, 3.8) is 0 Å². The number of nitrogens with one attached hydrogen (secondary N) is 1. The van der Waals surface area contributed by atoms with Crippen LogP contribution in [-0.4, -0.2) is 12.2 Å². The van der Waals surface area contributed by atoms with Gasteiger partial charge >= 0.3 is 0 Å². The Morgan fingerprint density at radius 2 is 1.80 bits per heavy atom. The zero-order valence-corrected chi connectivity index (χ0v) is 12.4. The molecule has 3 nitrogen and oxygen atoms in total. The lowest BCUT2D eigenvalue weighted by molar-refractivity contribution is -0.117. The molecule has 2 aromatic carbocycles. The van der Waals surface area contributed by atoms with Gasteiger partial charge in [-0.05, 0) is 30.9 Å². The van der Waals surface area contributed by atoms with Crippen molar-refractivity contribution in [1.29, 1.82) is 0 Å². The molecule has 0 aliphatic carbocycles. The van der Waals surface area contributed by atoms with E-state index < -0.39 is 6.04 Å². The number of para-hydroxylation sites is 1. The van der Waals surface area contributed by atoms with Gasteiger partial charge in [-0.3, -0.25) is 4.79 Å². The predicted molar refractivity (Wildman–Crippen MR) is 85.0 cm³/mol. The summed E-state index contributed by atoms with van der Waals surface area (Å²) >= 11 is 1.59. The summed E-state index contributed by atoms with van der Waals surface area (Å²) in [5, 5.41) is 2.89. The fourth-order valence-corrected chi connectivity index (χ4v) is 2.44. The lowest BCUT2D eigenvalue weighted by atomic mass is 10.1. The van der Waals surface area contributed by atoms with Crippen LogP contribution in [0.1, 0.15) is 17.2 Å². The molecule has 0 aliphatic heterocycles. The van der Waals surface area contributed by atoms with E-state index in [1.54, 1.807) is 11.8 Å². The summed E-state index contributed by atoms with van der Waals surface area (Å²) in [6.45, 7) is 2.00. The van der Waals surface area contributed by atoms with Gasteiger partial charge in [0.2, 0.25) is 5.91 Å². The summed E-state index contributed by atoms with van der Waals surface area (Å²) in [7, 11) is 0. The van der Waals surface area contributed by atoms with Gasteiger partial charge in [-0.15, -0.1) is 11.8 Å². The van der Waals surface area contributed by atoms with Gasteiger partial charge in [0, 0.05) is 4.90 Å². The van der Waals surface area contributed by atoms with Gasteiger partial charge in [-0.25, -0.2) is 0 Å². The largest absolute Gasteiger partial charge is 0.323 e. The molecule has 0 aliphatic rings. The van der Waals surface area contributed by atoms with Crippen LogP contribution in [0.5, 0.6) is 0 Å². The van der Waals surface area contributed by atoms with Crippen molar-refractivity contribution in [3.8, 4) is 0 Å². The topological polar surface area (TPSA) is 55.1 Å². The first kappa shape index (κ1) is 14.6. The maximum atomic E-state index is 12.2. The van der Waals surface area contributed by atoms with E-state index in [1.165, 1.54) is 0 Å². The van der Waals surface area contributed by atoms with Crippen LogP contribution >= 0.6 is 11.8 Å². The number of rotatable bonds is 4. The minimum absolute atomic E-state index is 0.199. The van der Waals surface area contributed by atoms with Gasteiger partial charge in [0.1, 0.15) is 6.04 Å². The average molecular weight is 286 g/mol. The van der Waals surface area contributed by atoms with Crippen LogP contribution in [0.15, 0.2) is 53.4 Å². The van der Waals surface area contributed by atoms with Crippen molar-refractivity contribution in [2.45, 2.75) is 17.9 Å². The van der Waals surface area contributed by atoms with E-state index in [0.29, 0.717) is 0 Å². The Bertz CT molecular complexity index is 596. The molecular formula is C16H18N2OS. The molecule has 0 saturated carbocycles. The van der Waals surface area contributed by atoms with Gasteiger partial charge < -0.3 is 11.1 Å². The average Bonchev–Trinajstić information content (AvgIpc) is 2.48. The van der Waals surface area contributed by atoms with Crippen molar-refractivity contribution < 1.29 is 4.79 Å². The Morgan fingerprint density at radius 3 is 2.45 bits per heavy atom. The number of carbonyl (C=O) groups excluding carboxylic acids is 1. The summed E-state index contributed by atoms with van der Waals surface area (Å²) in [4.78, 5) is 13.2. The molecule has 1 atom stereocenters. The number of hydrogen-bond donors (Lipinski definition) is 2. The SMILES string of the molecule is CSc1ccccc1NC(=O)C(N)c1ccc(C)cc1. The molecule has 0 radical (unpaired) electrons. The highest BCUT2D eigenvalue weighted by Gasteiger charge is 2.16. The minimum atomic E-state index is -0.662. The van der Waals surface area contributed by atoms with Crippen LogP contribution in [0.25, 0.3) is 0 Å². The molecule has 1 unspecified atom stereocenters. The molecule has 0 bridgehead atoms. The van der Waals surface area contributed by atoms with Crippen LogP contribution < -0.4 is 11.1 Å². The Kier molecular flexibility index (Phi) is 4.82. The first-order valence-corrected chi connectivity index (χ1v) is 7.60. The molecule has 0 aromatic heterocycles. The molecule has 20 heavy (non-hydrogen) atoms. The monoisotopic (exact) mass is 286 g/mol. The maximum absolute atomic E-state index is 12.2. The second kappa shape index (κ2) is 6.59. The third-order valence-electron chi connectivity index (χ3n) is 3.08. The molecule has 0 spiro atoms. The van der Waals surface area contributed by atoms with Gasteiger partial charge in [0.25, 0.3) is 0 Å². The smallest absolute Gasteiger partial charge is 0.245 e. The third-order valence-corrected chi connectivity index (χ3v) is 3.88. The van der Waals surface area contributed by atoms with Gasteiger partial charge in [-0.2, -0.15) is 0 Å². The van der Waals surface area contributed by atoms with Gasteiger partial charge in [0.15, 0.2) is 0 Å². The van der Waals surface area contributed by atoms with E-state index in [2.05, 4.69) is 5.32 Å². The summed E-state index contributed by atoms with van der Waals surface area (Å²) in [6, 6.07) is 14.7. The highest BCUT2D eigenvalue weighted by Crippen LogP contribution is 2.25. The van der Waals surface area contributed by atoms with E-state index in [4.69, 9.17) is 5.73 Å². The highest BCUT2D eigenvalue weighted by molar-refractivity contribution is 7.98. The van der Waals surface area contributed by atoms with Gasteiger partial charge in [-0.1, -0.05) is 42.0 Å². The van der Waals surface area contributed by atoms with Crippen LogP contribution in [0, 0.1) is 6.92 Å². The Balaban J connectivity index is 2.13. The fraction of sp³-hybridized carbons (Fsp3) is 0.188. The van der Waals surface area contributed by atoms with Crippen molar-refractivity contribution in [2.75, 3.05) is 11.6 Å². The molecule has 2 aromatic rings. The molecule has 0 heterocycles. The fourth-order valence-electron chi connectivity index (χ4n) is 1.88. The predicted octanol–water partition coefficient (Wildman–Crippen LogP) is 3.36. The molecular weight excluding hydrogens is 268 g/mol. The number of hydrogen-bond acceptors (Lipinski definition) is 3. The van der Waals surface area contributed by atoms with Crippen LogP contribution in [-0.2, 0) is 4.79 Å². The summed E-state index contributed by atoms with van der Waals surface area (Å²) in [5.41, 5.74) is 8.77. The van der Waals surface area contributed by atoms with Crippen LogP contribution in [0.4, 0.5) is 5.69 Å². The van der Waals surface area contributed by atoms with Crippen molar-refractivity contribution >= 4 is 23.4 Å². The number of nitrogens with two attached hydrogens (primary N) is 1. The first-order valence-electron chi connectivity index (χ1n) is 6.38. The van der Waals surface area contributed by atoms with E-state index in [9.17, 15) is 4.79 Å². The van der Waals surface area contributed by atoms with Crippen LogP contribution in [0.3, 0.4) is 0 Å². The zero-order valence-electron chi connectivity index (χ0n) is 11.6. The minimum Gasteiger partial charge on any atom is -0.323 e. The Labute approximate surface area is 123 Å². The van der Waals surface area contributed by atoms with E-state index in [0.717, 1.165) is 21.7 Å². The summed E-state index contributed by atoms with van der Waals surface area (Å²) in [5.74, 6) is -0.199. The van der Waals surface area contributed by atoms with E-state index in [-0.39, 0.29) is 5.91 Å². The van der Waals surface area contributed by atoms with E-state index in [1.807, 2.05) is 61.7 Å². The molecule has 0 fully saturated rings. The maximum Gasteiger partial charge on any atom is 0.245 e. The number of amides is 1. The third kappa shape index (κ3) is 3.40. The highest BCUT2D eigenvalue weighted by atomic mass is 32.2. The molecule has 104 valence electrons. The number of carbonyl (C=O) groups is 1. The second-order valence-corrected chi connectivity index (χ2v) is 5.43. The van der Waals surface area contributed by atoms with Gasteiger partial charge in [0.05, 0.1) is 5.69 Å². The van der Waals surface area contributed by atoms with Crippen molar-refractivity contribution in [3.05, 3.63) is 59.7 Å². The molecule has 2 rings (SSSR count). The quantitative estimate of drug-likeness (QED) is 0.847. The Morgan fingerprint density at radius 1 is 1.15 bits per heavy atom. The standard InChI is InChI=1S/C16H18N2OS/c1-11-7-9-12(10-8-11)15(17)16(19)18-13-5-3-4-6-14(13)20-2/h3-10,15H,17H2,1-2H3,(H,18,19). The van der Waals surface area contributed by atoms with Crippen LogP contribution in [0.2, 0.25) is 0 Å². The number of aryl methyl sites for hydroxylation is 1. The Hall–Kier alpha value is -1.78. The number of thioether (sulfide) groups is 1. The van der Waals surface area contributed by atoms with E-state index >= 15 is 0 Å². The zero-order chi connectivity index (χ0) is 14.5. The molecule has 0 saturated heterocycles. The first-order chi connectivity index (χ1) is 9.61. The van der Waals surface area contributed by atoms with Crippen molar-refractivity contribution in [2.24, 2.45) is 5.73 Å². The normalized spacial score (nSPS) is 11.9. The number of anilines is 1. The molecule has 1 amide bonds. The second-order valence-electron chi connectivity index (χ2n) is 4.58. The van der Waals surface area contributed by atoms with Crippen molar-refractivity contribution in [1.82, 2.24) is 0 Å². The lowest BCUT2D eigenvalue weighted by Crippen LogP contribution is -2.27. The summed E-state index contributed by atoms with van der Waals surface area (Å²) < 4.78 is 0. The number of benzene rings is 2.